The second-order valence-electron chi connectivity index (χ2n) is 5.80. The van der Waals surface area contributed by atoms with Crippen LogP contribution in [0.2, 0.25) is 0 Å². The Balaban J connectivity index is 1.71. The Bertz CT molecular complexity index is 558. The highest BCUT2D eigenvalue weighted by molar-refractivity contribution is 5.85. The Hall–Kier alpha value is -1.54. The van der Waals surface area contributed by atoms with E-state index in [-0.39, 0.29) is 0 Å². The second-order valence-corrected chi connectivity index (χ2v) is 5.80. The molecule has 2 N–H and O–H groups in total. The van der Waals surface area contributed by atoms with E-state index in [2.05, 4.69) is 60.1 Å². The molecule has 0 aromatic heterocycles. The zero-order valence-electron chi connectivity index (χ0n) is 11.6. The topological polar surface area (TPSA) is 24.1 Å². The summed E-state index contributed by atoms with van der Waals surface area (Å²) in [6.45, 7) is 2.19. The van der Waals surface area contributed by atoms with Crippen molar-refractivity contribution < 1.29 is 0 Å². The fourth-order valence-corrected chi connectivity index (χ4v) is 3.06. The average Bonchev–Trinajstić information content (AvgIpc) is 2.41. The van der Waals surface area contributed by atoms with E-state index in [4.69, 9.17) is 0 Å². The summed E-state index contributed by atoms with van der Waals surface area (Å²) in [4.78, 5) is 0. The predicted octanol–water partition coefficient (Wildman–Crippen LogP) is 3.64. The molecule has 1 aliphatic carbocycles. The molecule has 0 unspecified atom stereocenters. The molecule has 1 aliphatic rings. The first kappa shape index (κ1) is 12.5. The average molecular weight is 254 g/mol. The maximum Gasteiger partial charge on any atom is 0.0346 e. The molecule has 0 bridgehead atoms. The van der Waals surface area contributed by atoms with Gasteiger partial charge in [0.05, 0.1) is 0 Å². The molecule has 0 aliphatic heterocycles. The lowest BCUT2D eigenvalue weighted by Gasteiger charge is -2.42. The summed E-state index contributed by atoms with van der Waals surface area (Å²) in [6, 6.07) is 15.2. The third-order valence-corrected chi connectivity index (χ3v) is 4.38. The molecule has 2 aromatic carbocycles. The number of hydrogen-bond acceptors (Lipinski definition) is 2. The van der Waals surface area contributed by atoms with Crippen LogP contribution in [0.25, 0.3) is 10.8 Å². The van der Waals surface area contributed by atoms with Gasteiger partial charge < -0.3 is 10.6 Å². The van der Waals surface area contributed by atoms with Crippen LogP contribution >= 0.6 is 0 Å². The maximum atomic E-state index is 3.62. The minimum atomic E-state index is 0.473. The van der Waals surface area contributed by atoms with E-state index in [0.29, 0.717) is 5.41 Å². The van der Waals surface area contributed by atoms with Crippen LogP contribution in [0.15, 0.2) is 42.5 Å². The van der Waals surface area contributed by atoms with Crippen molar-refractivity contribution in [3.05, 3.63) is 42.5 Å². The summed E-state index contributed by atoms with van der Waals surface area (Å²) in [6.07, 6.45) is 4.06. The Morgan fingerprint density at radius 2 is 1.79 bits per heavy atom. The lowest BCUT2D eigenvalue weighted by atomic mass is 9.68. The Labute approximate surface area is 115 Å². The number of benzene rings is 2. The van der Waals surface area contributed by atoms with Crippen LogP contribution in [-0.2, 0) is 0 Å². The van der Waals surface area contributed by atoms with Crippen molar-refractivity contribution in [2.75, 3.05) is 25.5 Å². The Morgan fingerprint density at radius 3 is 2.47 bits per heavy atom. The smallest absolute Gasteiger partial charge is 0.0346 e. The van der Waals surface area contributed by atoms with Gasteiger partial charge in [-0.05, 0) is 42.8 Å². The van der Waals surface area contributed by atoms with Crippen molar-refractivity contribution >= 4 is 16.5 Å². The zero-order chi connectivity index (χ0) is 13.1. The molecule has 100 valence electrons. The van der Waals surface area contributed by atoms with Crippen molar-refractivity contribution in [3.8, 4) is 0 Å². The van der Waals surface area contributed by atoms with Gasteiger partial charge in [-0.1, -0.05) is 36.8 Å². The molecule has 2 heteroatoms. The standard InChI is InChI=1S/C17H22N2/c1-18-12-17(9-4-10-17)13-19-16-8-7-14-5-2-3-6-15(14)11-16/h2-3,5-8,11,18-19H,4,9-10,12-13H2,1H3. The lowest BCUT2D eigenvalue weighted by molar-refractivity contribution is 0.151. The molecule has 0 amide bonds. The largest absolute Gasteiger partial charge is 0.384 e. The normalized spacial score (nSPS) is 17.1. The Morgan fingerprint density at radius 1 is 1.00 bits per heavy atom. The summed E-state index contributed by atoms with van der Waals surface area (Å²) in [5, 5.41) is 9.58. The van der Waals surface area contributed by atoms with Crippen molar-refractivity contribution in [2.45, 2.75) is 19.3 Å². The molecule has 2 nitrogen and oxygen atoms in total. The first-order valence-corrected chi connectivity index (χ1v) is 7.19. The predicted molar refractivity (Wildman–Crippen MR) is 82.6 cm³/mol. The van der Waals surface area contributed by atoms with E-state index in [1.807, 2.05) is 0 Å². The second kappa shape index (κ2) is 5.22. The van der Waals surface area contributed by atoms with Gasteiger partial charge in [-0.3, -0.25) is 0 Å². The molecule has 19 heavy (non-hydrogen) atoms. The van der Waals surface area contributed by atoms with Crippen molar-refractivity contribution in [3.63, 3.8) is 0 Å². The number of rotatable bonds is 5. The molecule has 0 saturated heterocycles. The van der Waals surface area contributed by atoms with Crippen LogP contribution in [0.5, 0.6) is 0 Å². The highest BCUT2D eigenvalue weighted by Crippen LogP contribution is 2.40. The quantitative estimate of drug-likeness (QED) is 0.851. The molecule has 2 aromatic rings. The van der Waals surface area contributed by atoms with Crippen LogP contribution in [0.4, 0.5) is 5.69 Å². The van der Waals surface area contributed by atoms with E-state index in [1.165, 1.54) is 35.7 Å². The van der Waals surface area contributed by atoms with Gasteiger partial charge in [0.2, 0.25) is 0 Å². The summed E-state index contributed by atoms with van der Waals surface area (Å²) in [5.74, 6) is 0. The van der Waals surface area contributed by atoms with Gasteiger partial charge in [-0.15, -0.1) is 0 Å². The van der Waals surface area contributed by atoms with Crippen LogP contribution in [0.1, 0.15) is 19.3 Å². The fraction of sp³-hybridized carbons (Fsp3) is 0.412. The number of fused-ring (bicyclic) bond motifs is 1. The van der Waals surface area contributed by atoms with Crippen LogP contribution in [0, 0.1) is 5.41 Å². The molecule has 0 radical (unpaired) electrons. The third-order valence-electron chi connectivity index (χ3n) is 4.38. The van der Waals surface area contributed by atoms with Gasteiger partial charge in [0.25, 0.3) is 0 Å². The lowest BCUT2D eigenvalue weighted by Crippen LogP contribution is -2.44. The summed E-state index contributed by atoms with van der Waals surface area (Å²) in [5.41, 5.74) is 1.71. The molecule has 0 atom stereocenters. The van der Waals surface area contributed by atoms with Gasteiger partial charge in [-0.2, -0.15) is 0 Å². The van der Waals surface area contributed by atoms with Gasteiger partial charge in [-0.25, -0.2) is 0 Å². The maximum absolute atomic E-state index is 3.62. The summed E-state index contributed by atoms with van der Waals surface area (Å²) < 4.78 is 0. The summed E-state index contributed by atoms with van der Waals surface area (Å²) >= 11 is 0. The first-order chi connectivity index (χ1) is 9.31. The molecule has 1 saturated carbocycles. The number of nitrogens with one attached hydrogen (secondary N) is 2. The minimum absolute atomic E-state index is 0.473. The minimum Gasteiger partial charge on any atom is -0.384 e. The van der Waals surface area contributed by atoms with E-state index >= 15 is 0 Å². The molecule has 0 heterocycles. The third kappa shape index (κ3) is 2.59. The highest BCUT2D eigenvalue weighted by Gasteiger charge is 2.35. The highest BCUT2D eigenvalue weighted by atomic mass is 14.9. The molecule has 1 fully saturated rings. The van der Waals surface area contributed by atoms with Crippen molar-refractivity contribution in [1.29, 1.82) is 0 Å². The van der Waals surface area contributed by atoms with Crippen LogP contribution in [-0.4, -0.2) is 20.1 Å². The van der Waals surface area contributed by atoms with E-state index in [1.54, 1.807) is 0 Å². The molecular formula is C17H22N2. The molecule has 0 spiro atoms. The van der Waals surface area contributed by atoms with Gasteiger partial charge in [0, 0.05) is 24.2 Å². The molecule has 3 rings (SSSR count). The van der Waals surface area contributed by atoms with E-state index < -0.39 is 0 Å². The number of anilines is 1. The van der Waals surface area contributed by atoms with Gasteiger partial charge in [0.1, 0.15) is 0 Å². The fourth-order valence-electron chi connectivity index (χ4n) is 3.06. The van der Waals surface area contributed by atoms with Crippen LogP contribution in [0.3, 0.4) is 0 Å². The monoisotopic (exact) mass is 254 g/mol. The van der Waals surface area contributed by atoms with E-state index in [0.717, 1.165) is 13.1 Å². The Kier molecular flexibility index (Phi) is 3.43. The van der Waals surface area contributed by atoms with Gasteiger partial charge >= 0.3 is 0 Å². The van der Waals surface area contributed by atoms with E-state index in [9.17, 15) is 0 Å². The first-order valence-electron chi connectivity index (χ1n) is 7.19. The van der Waals surface area contributed by atoms with Gasteiger partial charge in [0.15, 0.2) is 0 Å². The summed E-state index contributed by atoms with van der Waals surface area (Å²) in [7, 11) is 2.05. The molecular weight excluding hydrogens is 232 g/mol. The van der Waals surface area contributed by atoms with Crippen molar-refractivity contribution in [2.24, 2.45) is 5.41 Å². The number of hydrogen-bond donors (Lipinski definition) is 2. The SMILES string of the molecule is CNCC1(CNc2ccc3ccccc3c2)CCC1. The van der Waals surface area contributed by atoms with Crippen molar-refractivity contribution in [1.82, 2.24) is 5.32 Å². The zero-order valence-corrected chi connectivity index (χ0v) is 11.6. The van der Waals surface area contributed by atoms with Crippen LogP contribution < -0.4 is 10.6 Å².